The maximum Gasteiger partial charge on any atom is 0.329 e. The number of methoxy groups -OCH3 is 1. The lowest BCUT2D eigenvalue weighted by atomic mass is 9.90. The van der Waals surface area contributed by atoms with E-state index in [0.29, 0.717) is 12.5 Å². The number of carbonyl (C=O) groups is 1. The van der Waals surface area contributed by atoms with E-state index in [-0.39, 0.29) is 12.0 Å². The molecule has 3 atom stereocenters. The lowest BCUT2D eigenvalue weighted by molar-refractivity contribution is -0.149. The summed E-state index contributed by atoms with van der Waals surface area (Å²) in [6.07, 6.45) is 3.11. The number of aromatic amines is 1. The third-order valence-electron chi connectivity index (χ3n) is 5.10. The van der Waals surface area contributed by atoms with Crippen LogP contribution in [0, 0.1) is 0 Å². The molecule has 0 spiro atoms. The number of hydrogen-bond acceptors (Lipinski definition) is 5. The van der Waals surface area contributed by atoms with E-state index in [1.165, 1.54) is 10.9 Å². The number of aromatic nitrogens is 1. The quantitative estimate of drug-likeness (QED) is 0.666. The number of carbonyl (C=O) groups excluding carboxylic acids is 1. The number of benzene rings is 1. The molecule has 1 saturated heterocycles. The molecule has 5 nitrogen and oxygen atoms in total. The number of nitrogens with zero attached hydrogens (tertiary/aromatic N) is 1. The van der Waals surface area contributed by atoms with Gasteiger partial charge in [0.05, 0.1) is 7.11 Å². The molecular formula is C18H22N2O3S. The van der Waals surface area contributed by atoms with Gasteiger partial charge >= 0.3 is 5.97 Å². The Balaban J connectivity index is 1.75. The molecule has 1 aromatic heterocycles. The molecular weight excluding hydrogens is 324 g/mol. The van der Waals surface area contributed by atoms with Gasteiger partial charge in [-0.1, -0.05) is 0 Å². The molecule has 4 rings (SSSR count). The molecule has 3 heterocycles. The first-order valence-corrected chi connectivity index (χ1v) is 9.71. The van der Waals surface area contributed by atoms with Crippen molar-refractivity contribution in [3.63, 3.8) is 0 Å². The van der Waals surface area contributed by atoms with Crippen LogP contribution in [0.4, 0.5) is 0 Å². The molecule has 2 aromatic rings. The van der Waals surface area contributed by atoms with Gasteiger partial charge in [-0.15, -0.1) is 0 Å². The largest absolute Gasteiger partial charge is 0.497 e. The lowest BCUT2D eigenvalue weighted by Crippen LogP contribution is -2.37. The molecule has 0 saturated carbocycles. The highest BCUT2D eigenvalue weighted by Crippen LogP contribution is 2.46. The Labute approximate surface area is 145 Å². The fourth-order valence-electron chi connectivity index (χ4n) is 4.01. The van der Waals surface area contributed by atoms with Crippen molar-refractivity contribution in [3.05, 3.63) is 29.5 Å². The number of rotatable bonds is 5. The predicted molar refractivity (Wildman–Crippen MR) is 95.9 cm³/mol. The van der Waals surface area contributed by atoms with E-state index < -0.39 is 0 Å². The van der Waals surface area contributed by atoms with Crippen molar-refractivity contribution >= 4 is 28.6 Å². The second-order valence-corrected chi connectivity index (χ2v) is 7.39. The number of esters is 1. The van der Waals surface area contributed by atoms with Crippen LogP contribution in [0.15, 0.2) is 18.2 Å². The van der Waals surface area contributed by atoms with Crippen molar-refractivity contribution in [1.29, 1.82) is 0 Å². The van der Waals surface area contributed by atoms with Gasteiger partial charge in [0.1, 0.15) is 18.4 Å². The van der Waals surface area contributed by atoms with Crippen molar-refractivity contribution in [3.8, 4) is 5.75 Å². The van der Waals surface area contributed by atoms with Gasteiger partial charge in [-0.25, -0.2) is 4.79 Å². The predicted octanol–water partition coefficient (Wildman–Crippen LogP) is 2.93. The van der Waals surface area contributed by atoms with E-state index in [2.05, 4.69) is 16.0 Å². The Morgan fingerprint density at radius 2 is 2.33 bits per heavy atom. The molecule has 2 aliphatic heterocycles. The van der Waals surface area contributed by atoms with E-state index >= 15 is 0 Å². The summed E-state index contributed by atoms with van der Waals surface area (Å²) in [4.78, 5) is 18.4. The van der Waals surface area contributed by atoms with Gasteiger partial charge in [0.25, 0.3) is 0 Å². The average Bonchev–Trinajstić information content (AvgIpc) is 3.17. The third kappa shape index (κ3) is 2.48. The molecule has 128 valence electrons. The second kappa shape index (κ2) is 6.33. The molecule has 1 fully saturated rings. The van der Waals surface area contributed by atoms with Crippen LogP contribution in [0.2, 0.25) is 0 Å². The van der Waals surface area contributed by atoms with Crippen molar-refractivity contribution in [2.24, 2.45) is 0 Å². The number of hydrogen-bond donors (Lipinski definition) is 1. The number of thioether (sulfide) groups is 1. The summed E-state index contributed by atoms with van der Waals surface area (Å²) in [7, 11) is 1.68. The summed E-state index contributed by atoms with van der Waals surface area (Å²) in [5.41, 5.74) is 3.36. The van der Waals surface area contributed by atoms with Crippen LogP contribution in [0.5, 0.6) is 5.75 Å². The van der Waals surface area contributed by atoms with Crippen molar-refractivity contribution in [1.82, 2.24) is 9.88 Å². The smallest absolute Gasteiger partial charge is 0.329 e. The summed E-state index contributed by atoms with van der Waals surface area (Å²) in [5, 5.41) is 1.18. The van der Waals surface area contributed by atoms with Crippen molar-refractivity contribution in [2.75, 3.05) is 38.8 Å². The normalized spacial score (nSPS) is 24.8. The standard InChI is InChI=1S/C18H22N2O3S/c1-22-12-3-4-14-13(9-12)15-11-5-6-20(10-11)17(16(15)19-14)18(21)23-7-8-24-2/h3-4,9,11,17,19H,5-8,10H2,1-2H3. The molecule has 0 amide bonds. The molecule has 0 radical (unpaired) electrons. The van der Waals surface area contributed by atoms with Crippen LogP contribution in [-0.2, 0) is 9.53 Å². The molecule has 3 unspecified atom stereocenters. The Morgan fingerprint density at radius 1 is 1.46 bits per heavy atom. The topological polar surface area (TPSA) is 54.6 Å². The lowest BCUT2D eigenvalue weighted by Gasteiger charge is -2.30. The number of ether oxygens (including phenoxy) is 2. The van der Waals surface area contributed by atoms with Gasteiger partial charge in [-0.2, -0.15) is 11.8 Å². The highest BCUT2D eigenvalue weighted by atomic mass is 32.2. The number of H-pyrrole nitrogens is 1. The zero-order valence-corrected chi connectivity index (χ0v) is 14.8. The van der Waals surface area contributed by atoms with Crippen LogP contribution in [0.1, 0.15) is 29.6 Å². The minimum Gasteiger partial charge on any atom is -0.497 e. The Kier molecular flexibility index (Phi) is 4.18. The van der Waals surface area contributed by atoms with Crippen LogP contribution in [0.3, 0.4) is 0 Å². The van der Waals surface area contributed by atoms with Crippen LogP contribution in [-0.4, -0.2) is 54.7 Å². The average molecular weight is 346 g/mol. The van der Waals surface area contributed by atoms with Gasteiger partial charge < -0.3 is 14.5 Å². The van der Waals surface area contributed by atoms with E-state index in [1.54, 1.807) is 18.9 Å². The van der Waals surface area contributed by atoms with Gasteiger partial charge in [-0.05, 0) is 43.0 Å². The highest BCUT2D eigenvalue weighted by molar-refractivity contribution is 7.98. The zero-order valence-electron chi connectivity index (χ0n) is 14.0. The highest BCUT2D eigenvalue weighted by Gasteiger charge is 2.44. The SMILES string of the molecule is COc1ccc2[nH]c3c(c2c1)C1CCN(C1)C3C(=O)OCCSC. The summed E-state index contributed by atoms with van der Waals surface area (Å²) in [6, 6.07) is 5.76. The van der Waals surface area contributed by atoms with Crippen LogP contribution < -0.4 is 4.74 Å². The number of nitrogens with one attached hydrogen (secondary N) is 1. The summed E-state index contributed by atoms with van der Waals surface area (Å²) >= 11 is 1.69. The number of fused-ring (bicyclic) bond motifs is 6. The van der Waals surface area contributed by atoms with Crippen molar-refractivity contribution in [2.45, 2.75) is 18.4 Å². The molecule has 2 aliphatic rings. The molecule has 6 heteroatoms. The maximum atomic E-state index is 12.7. The van der Waals surface area contributed by atoms with Crippen molar-refractivity contribution < 1.29 is 14.3 Å². The Bertz CT molecular complexity index is 773. The monoisotopic (exact) mass is 346 g/mol. The Morgan fingerprint density at radius 3 is 3.12 bits per heavy atom. The van der Waals surface area contributed by atoms with E-state index in [4.69, 9.17) is 9.47 Å². The maximum absolute atomic E-state index is 12.7. The molecule has 2 bridgehead atoms. The third-order valence-corrected chi connectivity index (χ3v) is 5.67. The molecule has 24 heavy (non-hydrogen) atoms. The van der Waals surface area contributed by atoms with Gasteiger partial charge in [0.2, 0.25) is 0 Å². The summed E-state index contributed by atoms with van der Waals surface area (Å²) in [6.45, 7) is 2.34. The summed E-state index contributed by atoms with van der Waals surface area (Å²) in [5.74, 6) is 2.03. The minimum absolute atomic E-state index is 0.135. The Hall–Kier alpha value is -1.66. The van der Waals surface area contributed by atoms with Gasteiger partial charge in [0.15, 0.2) is 0 Å². The zero-order chi connectivity index (χ0) is 16.7. The first-order chi connectivity index (χ1) is 11.7. The van der Waals surface area contributed by atoms with E-state index in [9.17, 15) is 4.79 Å². The first kappa shape index (κ1) is 15.8. The minimum atomic E-state index is -0.306. The van der Waals surface area contributed by atoms with E-state index in [0.717, 1.165) is 42.2 Å². The van der Waals surface area contributed by atoms with E-state index in [1.807, 2.05) is 18.4 Å². The molecule has 1 aromatic carbocycles. The van der Waals surface area contributed by atoms with Gasteiger partial charge in [-0.3, -0.25) is 4.90 Å². The fraction of sp³-hybridized carbons (Fsp3) is 0.500. The summed E-state index contributed by atoms with van der Waals surface area (Å²) < 4.78 is 10.9. The van der Waals surface area contributed by atoms with Crippen LogP contribution >= 0.6 is 11.8 Å². The first-order valence-electron chi connectivity index (χ1n) is 8.32. The second-order valence-electron chi connectivity index (χ2n) is 6.41. The molecule has 1 N–H and O–H groups in total. The van der Waals surface area contributed by atoms with Crippen LogP contribution in [0.25, 0.3) is 10.9 Å². The molecule has 0 aliphatic carbocycles. The fourth-order valence-corrected chi connectivity index (χ4v) is 4.26. The van der Waals surface area contributed by atoms with Gasteiger partial charge in [0, 0.05) is 34.8 Å².